The van der Waals surface area contributed by atoms with Crippen LogP contribution in [0.15, 0.2) is 36.4 Å². The zero-order chi connectivity index (χ0) is 25.1. The number of fused-ring (bicyclic) bond motifs is 6. The highest BCUT2D eigenvalue weighted by Gasteiger charge is 2.43. The lowest BCUT2D eigenvalue weighted by Crippen LogP contribution is -2.60. The second kappa shape index (κ2) is 8.78. The van der Waals surface area contributed by atoms with Crippen LogP contribution in [0.25, 0.3) is 32.9 Å². The SMILES string of the molecule is CCc1cccc2cc(OCOC)cc(-c3cc4nc(F)nc5c4c(n3)OCC3[C@H]4CC[C@@H](CN53)N4)c12. The highest BCUT2D eigenvalue weighted by Crippen LogP contribution is 2.42. The fraction of sp³-hybridized carbons (Fsp3) is 0.393. The number of pyridine rings is 1. The van der Waals surface area contributed by atoms with Gasteiger partial charge in [-0.05, 0) is 53.8 Å². The van der Waals surface area contributed by atoms with Crippen LogP contribution in [0.1, 0.15) is 25.3 Å². The average Bonchev–Trinajstić information content (AvgIpc) is 3.23. The highest BCUT2D eigenvalue weighted by molar-refractivity contribution is 6.02. The van der Waals surface area contributed by atoms with Gasteiger partial charge in [-0.3, -0.25) is 0 Å². The minimum absolute atomic E-state index is 0.0622. The summed E-state index contributed by atoms with van der Waals surface area (Å²) in [4.78, 5) is 15.7. The Bertz CT molecular complexity index is 1530. The first-order valence-corrected chi connectivity index (χ1v) is 12.8. The summed E-state index contributed by atoms with van der Waals surface area (Å²) in [6.07, 6.45) is 2.29. The molecule has 2 aromatic carbocycles. The number of anilines is 1. The maximum absolute atomic E-state index is 14.9. The molecule has 9 heteroatoms. The quantitative estimate of drug-likeness (QED) is 0.322. The molecule has 0 radical (unpaired) electrons. The van der Waals surface area contributed by atoms with Gasteiger partial charge in [-0.1, -0.05) is 25.1 Å². The van der Waals surface area contributed by atoms with Gasteiger partial charge in [0.1, 0.15) is 23.6 Å². The molecule has 1 unspecified atom stereocenters. The van der Waals surface area contributed by atoms with Crippen molar-refractivity contribution in [3.8, 4) is 22.9 Å². The van der Waals surface area contributed by atoms with Gasteiger partial charge in [0, 0.05) is 31.3 Å². The van der Waals surface area contributed by atoms with Gasteiger partial charge in [0.25, 0.3) is 0 Å². The fourth-order valence-corrected chi connectivity index (χ4v) is 6.21. The van der Waals surface area contributed by atoms with E-state index in [1.54, 1.807) is 7.11 Å². The molecule has 3 aliphatic rings. The summed E-state index contributed by atoms with van der Waals surface area (Å²) in [6, 6.07) is 12.7. The van der Waals surface area contributed by atoms with Crippen LogP contribution in [0.2, 0.25) is 0 Å². The van der Waals surface area contributed by atoms with E-state index < -0.39 is 6.08 Å². The molecule has 37 heavy (non-hydrogen) atoms. The van der Waals surface area contributed by atoms with Gasteiger partial charge in [0.05, 0.1) is 17.3 Å². The second-order valence-corrected chi connectivity index (χ2v) is 9.99. The summed E-state index contributed by atoms with van der Waals surface area (Å²) in [5.41, 5.74) is 3.21. The van der Waals surface area contributed by atoms with E-state index in [0.717, 1.165) is 42.1 Å². The molecule has 5 heterocycles. The fourth-order valence-electron chi connectivity index (χ4n) is 6.21. The lowest BCUT2D eigenvalue weighted by molar-refractivity contribution is 0.0512. The molecule has 1 N–H and O–H groups in total. The van der Waals surface area contributed by atoms with E-state index in [2.05, 4.69) is 39.2 Å². The van der Waals surface area contributed by atoms with Gasteiger partial charge in [0.15, 0.2) is 6.79 Å². The Balaban J connectivity index is 1.45. The minimum atomic E-state index is -0.742. The largest absolute Gasteiger partial charge is 0.475 e. The molecule has 2 bridgehead atoms. The van der Waals surface area contributed by atoms with Crippen LogP contribution in [0.5, 0.6) is 11.6 Å². The van der Waals surface area contributed by atoms with E-state index >= 15 is 0 Å². The number of benzene rings is 2. The maximum Gasteiger partial charge on any atom is 0.311 e. The Labute approximate surface area is 213 Å². The molecule has 2 aromatic heterocycles. The number of hydrogen-bond donors (Lipinski definition) is 1. The van der Waals surface area contributed by atoms with Gasteiger partial charge in [0.2, 0.25) is 5.88 Å². The van der Waals surface area contributed by atoms with Crippen LogP contribution < -0.4 is 19.7 Å². The number of nitrogens with one attached hydrogen (secondary N) is 1. The molecule has 3 aliphatic heterocycles. The summed E-state index contributed by atoms with van der Waals surface area (Å²) in [7, 11) is 1.59. The predicted molar refractivity (Wildman–Crippen MR) is 139 cm³/mol. The molecule has 190 valence electrons. The molecule has 2 saturated heterocycles. The Kier molecular flexibility index (Phi) is 5.37. The molecule has 2 fully saturated rings. The Morgan fingerprint density at radius 3 is 2.92 bits per heavy atom. The number of hydrogen-bond acceptors (Lipinski definition) is 8. The predicted octanol–water partition coefficient (Wildman–Crippen LogP) is 4.23. The van der Waals surface area contributed by atoms with Crippen molar-refractivity contribution >= 4 is 27.5 Å². The Hall–Kier alpha value is -3.56. The normalized spacial score (nSPS) is 22.1. The number of aromatic nitrogens is 3. The first kappa shape index (κ1) is 22.6. The van der Waals surface area contributed by atoms with Crippen molar-refractivity contribution in [1.29, 1.82) is 0 Å². The number of rotatable bonds is 5. The number of ether oxygens (including phenoxy) is 3. The van der Waals surface area contributed by atoms with Crippen LogP contribution in [0.3, 0.4) is 0 Å². The van der Waals surface area contributed by atoms with Gasteiger partial charge in [-0.25, -0.2) is 9.97 Å². The van der Waals surface area contributed by atoms with Crippen molar-refractivity contribution in [3.05, 3.63) is 48.0 Å². The molecule has 0 spiro atoms. The summed E-state index contributed by atoms with van der Waals surface area (Å²) in [6.45, 7) is 3.48. The summed E-state index contributed by atoms with van der Waals surface area (Å²) < 4.78 is 32.2. The van der Waals surface area contributed by atoms with Crippen molar-refractivity contribution < 1.29 is 18.6 Å². The molecule has 0 aliphatic carbocycles. The van der Waals surface area contributed by atoms with Crippen molar-refractivity contribution in [2.75, 3.05) is 32.0 Å². The third-order valence-electron chi connectivity index (χ3n) is 7.86. The average molecular weight is 502 g/mol. The summed E-state index contributed by atoms with van der Waals surface area (Å²) in [5, 5.41) is 6.46. The third-order valence-corrected chi connectivity index (χ3v) is 7.86. The van der Waals surface area contributed by atoms with Gasteiger partial charge >= 0.3 is 6.08 Å². The lowest BCUT2D eigenvalue weighted by Gasteiger charge is -2.40. The lowest BCUT2D eigenvalue weighted by atomic mass is 9.95. The van der Waals surface area contributed by atoms with Crippen molar-refractivity contribution in [2.24, 2.45) is 0 Å². The van der Waals surface area contributed by atoms with E-state index in [9.17, 15) is 4.39 Å². The highest BCUT2D eigenvalue weighted by atomic mass is 19.1. The first-order valence-electron chi connectivity index (χ1n) is 12.8. The standard InChI is InChI=1S/C28H28FN5O3/c1-3-15-5-4-6-16-9-18(37-14-35-2)10-19(24(15)16)21-11-22-25-26(33-28(29)32-22)34-12-17-7-8-20(30-17)23(34)13-36-27(25)31-21/h4-6,9-11,17,20,23,30H,3,7-8,12-14H2,1-2H3/t17-,20+,23?/m0/s1. The van der Waals surface area contributed by atoms with Crippen LogP contribution in [0.4, 0.5) is 10.2 Å². The monoisotopic (exact) mass is 501 g/mol. The van der Waals surface area contributed by atoms with Gasteiger partial charge in [-0.15, -0.1) is 0 Å². The minimum Gasteiger partial charge on any atom is -0.475 e. The van der Waals surface area contributed by atoms with E-state index in [0.29, 0.717) is 46.7 Å². The van der Waals surface area contributed by atoms with E-state index in [1.165, 1.54) is 5.56 Å². The number of halogens is 1. The smallest absolute Gasteiger partial charge is 0.311 e. The van der Waals surface area contributed by atoms with Gasteiger partial charge in [-0.2, -0.15) is 9.37 Å². The van der Waals surface area contributed by atoms with E-state index in [-0.39, 0.29) is 18.9 Å². The summed E-state index contributed by atoms with van der Waals surface area (Å²) in [5.74, 6) is 1.69. The van der Waals surface area contributed by atoms with Crippen LogP contribution in [0, 0.1) is 6.08 Å². The van der Waals surface area contributed by atoms with Crippen molar-refractivity contribution in [3.63, 3.8) is 0 Å². The number of nitrogens with zero attached hydrogens (tertiary/aromatic N) is 4. The van der Waals surface area contributed by atoms with E-state index in [4.69, 9.17) is 19.2 Å². The third kappa shape index (κ3) is 3.67. The maximum atomic E-state index is 14.9. The zero-order valence-corrected chi connectivity index (χ0v) is 20.8. The molecule has 0 saturated carbocycles. The zero-order valence-electron chi connectivity index (χ0n) is 20.8. The van der Waals surface area contributed by atoms with Gasteiger partial charge < -0.3 is 24.4 Å². The molecule has 0 amide bonds. The van der Waals surface area contributed by atoms with Crippen LogP contribution in [-0.2, 0) is 11.2 Å². The number of methoxy groups -OCH3 is 1. The van der Waals surface area contributed by atoms with Crippen molar-refractivity contribution in [2.45, 2.75) is 44.3 Å². The first-order chi connectivity index (χ1) is 18.1. The number of piperazine rings is 1. The Morgan fingerprint density at radius 1 is 1.14 bits per heavy atom. The van der Waals surface area contributed by atoms with Crippen LogP contribution >= 0.6 is 0 Å². The summed E-state index contributed by atoms with van der Waals surface area (Å²) >= 11 is 0. The van der Waals surface area contributed by atoms with E-state index in [1.807, 2.05) is 24.3 Å². The topological polar surface area (TPSA) is 81.6 Å². The molecule has 3 atom stereocenters. The number of aryl methyl sites for hydroxylation is 1. The van der Waals surface area contributed by atoms with Crippen LogP contribution in [-0.4, -0.2) is 60.1 Å². The molecule has 7 rings (SSSR count). The molecular formula is C28H28FN5O3. The molecular weight excluding hydrogens is 473 g/mol. The molecule has 8 nitrogen and oxygen atoms in total. The second-order valence-electron chi connectivity index (χ2n) is 9.99. The Morgan fingerprint density at radius 2 is 2.05 bits per heavy atom. The molecule has 4 aromatic rings. The van der Waals surface area contributed by atoms with Crippen molar-refractivity contribution in [1.82, 2.24) is 20.3 Å².